The summed E-state index contributed by atoms with van der Waals surface area (Å²) in [4.78, 5) is 22.6. The second-order valence-corrected chi connectivity index (χ2v) is 4.80. The van der Waals surface area contributed by atoms with Crippen molar-refractivity contribution in [1.29, 1.82) is 0 Å². The van der Waals surface area contributed by atoms with Crippen LogP contribution >= 0.6 is 15.9 Å². The molecule has 1 aliphatic carbocycles. The van der Waals surface area contributed by atoms with Crippen molar-refractivity contribution in [2.45, 2.75) is 31.7 Å². The summed E-state index contributed by atoms with van der Waals surface area (Å²) in [6, 6.07) is 0.425. The van der Waals surface area contributed by atoms with Crippen LogP contribution in [-0.4, -0.2) is 19.5 Å². The molecule has 0 radical (unpaired) electrons. The van der Waals surface area contributed by atoms with E-state index in [0.717, 1.165) is 12.8 Å². The molecule has 0 atom stereocenters. The van der Waals surface area contributed by atoms with E-state index < -0.39 is 0 Å². The first-order valence-corrected chi connectivity index (χ1v) is 6.18. The van der Waals surface area contributed by atoms with Gasteiger partial charge in [0, 0.05) is 6.04 Å². The number of nitrogens with one attached hydrogen (secondary N) is 1. The Morgan fingerprint density at radius 2 is 2.19 bits per heavy atom. The van der Waals surface area contributed by atoms with Crippen molar-refractivity contribution in [3.8, 4) is 0 Å². The summed E-state index contributed by atoms with van der Waals surface area (Å²) in [6.45, 7) is 0. The Labute approximate surface area is 100 Å². The topological polar surface area (TPSA) is 63.6 Å². The minimum absolute atomic E-state index is 0.178. The van der Waals surface area contributed by atoms with E-state index in [0.29, 0.717) is 21.9 Å². The maximum atomic E-state index is 11.6. The Morgan fingerprint density at radius 3 is 2.94 bits per heavy atom. The van der Waals surface area contributed by atoms with E-state index in [1.807, 2.05) is 4.57 Å². The second kappa shape index (κ2) is 3.69. The number of H-pyrrole nitrogens is 1. The van der Waals surface area contributed by atoms with Crippen molar-refractivity contribution in [3.05, 3.63) is 21.4 Å². The van der Waals surface area contributed by atoms with Crippen LogP contribution in [0.15, 0.2) is 15.9 Å². The summed E-state index contributed by atoms with van der Waals surface area (Å²) in [5.41, 5.74) is 0.922. The highest BCUT2D eigenvalue weighted by Gasteiger charge is 2.23. The molecule has 0 aromatic carbocycles. The van der Waals surface area contributed by atoms with Crippen LogP contribution in [0.3, 0.4) is 0 Å². The number of nitrogens with zero attached hydrogens (tertiary/aromatic N) is 3. The smallest absolute Gasteiger partial charge is 0.278 e. The van der Waals surface area contributed by atoms with Gasteiger partial charge in [0.1, 0.15) is 0 Å². The lowest BCUT2D eigenvalue weighted by atomic mass is 10.2. The zero-order valence-electron chi connectivity index (χ0n) is 8.61. The predicted octanol–water partition coefficient (Wildman–Crippen LogP) is 2.00. The zero-order valence-corrected chi connectivity index (χ0v) is 10.2. The van der Waals surface area contributed by atoms with Gasteiger partial charge in [-0.15, -0.1) is 0 Å². The number of hydrogen-bond donors (Lipinski definition) is 1. The molecule has 3 rings (SSSR count). The fourth-order valence-corrected chi connectivity index (χ4v) is 3.01. The highest BCUT2D eigenvalue weighted by atomic mass is 79.9. The van der Waals surface area contributed by atoms with Gasteiger partial charge in [0.2, 0.25) is 0 Å². The number of halogens is 1. The van der Waals surface area contributed by atoms with Crippen LogP contribution in [0.1, 0.15) is 31.7 Å². The van der Waals surface area contributed by atoms with Crippen molar-refractivity contribution in [2.75, 3.05) is 0 Å². The van der Waals surface area contributed by atoms with E-state index in [-0.39, 0.29) is 5.56 Å². The zero-order chi connectivity index (χ0) is 11.1. The van der Waals surface area contributed by atoms with Crippen molar-refractivity contribution >= 4 is 27.1 Å². The molecule has 0 saturated heterocycles. The minimum atomic E-state index is -0.178. The second-order valence-electron chi connectivity index (χ2n) is 4.09. The van der Waals surface area contributed by atoms with Gasteiger partial charge in [-0.2, -0.15) is 0 Å². The number of aromatic amines is 1. The van der Waals surface area contributed by atoms with Gasteiger partial charge in [0.15, 0.2) is 15.9 Å². The maximum absolute atomic E-state index is 11.6. The highest BCUT2D eigenvalue weighted by molar-refractivity contribution is 9.10. The monoisotopic (exact) mass is 282 g/mol. The van der Waals surface area contributed by atoms with E-state index in [2.05, 4.69) is 30.9 Å². The largest absolute Gasteiger partial charge is 0.311 e. The van der Waals surface area contributed by atoms with Crippen molar-refractivity contribution in [2.24, 2.45) is 0 Å². The number of imidazole rings is 1. The van der Waals surface area contributed by atoms with Gasteiger partial charge in [-0.1, -0.05) is 12.8 Å². The Hall–Kier alpha value is -1.17. The summed E-state index contributed by atoms with van der Waals surface area (Å²) in [7, 11) is 0. The molecule has 0 unspecified atom stereocenters. The standard InChI is InChI=1S/C10H11BrN4O/c11-10-14-7-8(12-5-13-9(7)16)15(10)6-3-1-2-4-6/h5-6H,1-4H2,(H,12,13,16). The number of fused-ring (bicyclic) bond motifs is 1. The lowest BCUT2D eigenvalue weighted by Gasteiger charge is -2.12. The van der Waals surface area contributed by atoms with Gasteiger partial charge in [0.25, 0.3) is 5.56 Å². The molecule has 2 aromatic heterocycles. The summed E-state index contributed by atoms with van der Waals surface area (Å²) in [6.07, 6.45) is 6.18. The molecule has 5 nitrogen and oxygen atoms in total. The third-order valence-electron chi connectivity index (χ3n) is 3.13. The Balaban J connectivity index is 2.27. The first-order valence-electron chi connectivity index (χ1n) is 5.38. The number of aromatic nitrogens is 4. The van der Waals surface area contributed by atoms with E-state index >= 15 is 0 Å². The van der Waals surface area contributed by atoms with Crippen LogP contribution in [0, 0.1) is 0 Å². The Bertz CT molecular complexity index is 582. The molecular weight excluding hydrogens is 272 g/mol. The maximum Gasteiger partial charge on any atom is 0.278 e. The fourth-order valence-electron chi connectivity index (χ4n) is 2.38. The van der Waals surface area contributed by atoms with Gasteiger partial charge in [0.05, 0.1) is 6.33 Å². The molecule has 6 heteroatoms. The van der Waals surface area contributed by atoms with Gasteiger partial charge >= 0.3 is 0 Å². The van der Waals surface area contributed by atoms with Crippen molar-refractivity contribution in [1.82, 2.24) is 19.5 Å². The van der Waals surface area contributed by atoms with Gasteiger partial charge in [-0.25, -0.2) is 9.97 Å². The fraction of sp³-hybridized carbons (Fsp3) is 0.500. The van der Waals surface area contributed by atoms with E-state index in [9.17, 15) is 4.79 Å². The summed E-state index contributed by atoms with van der Waals surface area (Å²) >= 11 is 3.41. The SMILES string of the molecule is O=c1[nH]cnc2c1nc(Br)n2C1CCCC1. The Morgan fingerprint density at radius 1 is 1.44 bits per heavy atom. The molecule has 0 aliphatic heterocycles. The van der Waals surface area contributed by atoms with Crippen LogP contribution in [0.4, 0.5) is 0 Å². The molecule has 16 heavy (non-hydrogen) atoms. The third-order valence-corrected chi connectivity index (χ3v) is 3.69. The molecule has 0 bridgehead atoms. The molecular formula is C10H11BrN4O. The van der Waals surface area contributed by atoms with Crippen LogP contribution in [0.5, 0.6) is 0 Å². The molecule has 2 heterocycles. The first-order chi connectivity index (χ1) is 7.77. The minimum Gasteiger partial charge on any atom is -0.311 e. The van der Waals surface area contributed by atoms with E-state index in [4.69, 9.17) is 0 Å². The number of rotatable bonds is 1. The average Bonchev–Trinajstić information content (AvgIpc) is 2.85. The quantitative estimate of drug-likeness (QED) is 0.814. The first kappa shape index (κ1) is 10.0. The van der Waals surface area contributed by atoms with Gasteiger partial charge in [-0.3, -0.25) is 9.36 Å². The molecule has 1 aliphatic rings. The summed E-state index contributed by atoms with van der Waals surface area (Å²) < 4.78 is 2.75. The van der Waals surface area contributed by atoms with Crippen LogP contribution in [0.25, 0.3) is 11.2 Å². The molecule has 84 valence electrons. The molecule has 2 aromatic rings. The Kier molecular flexibility index (Phi) is 2.31. The van der Waals surface area contributed by atoms with E-state index in [1.165, 1.54) is 19.2 Å². The lowest BCUT2D eigenvalue weighted by molar-refractivity contribution is 0.519. The molecule has 1 N–H and O–H groups in total. The van der Waals surface area contributed by atoms with Gasteiger partial charge in [-0.05, 0) is 28.8 Å². The van der Waals surface area contributed by atoms with Crippen LogP contribution < -0.4 is 5.56 Å². The molecule has 1 saturated carbocycles. The van der Waals surface area contributed by atoms with Gasteiger partial charge < -0.3 is 4.98 Å². The third kappa shape index (κ3) is 1.40. The van der Waals surface area contributed by atoms with E-state index in [1.54, 1.807) is 0 Å². The summed E-state index contributed by atoms with van der Waals surface area (Å²) in [5, 5.41) is 0. The molecule has 0 amide bonds. The van der Waals surface area contributed by atoms with Crippen LogP contribution in [0.2, 0.25) is 0 Å². The van der Waals surface area contributed by atoms with Crippen molar-refractivity contribution in [3.63, 3.8) is 0 Å². The molecule has 0 spiro atoms. The normalized spacial score (nSPS) is 17.3. The predicted molar refractivity (Wildman–Crippen MR) is 63.4 cm³/mol. The average molecular weight is 283 g/mol. The summed E-state index contributed by atoms with van der Waals surface area (Å²) in [5.74, 6) is 0. The lowest BCUT2D eigenvalue weighted by Crippen LogP contribution is -2.09. The number of hydrogen-bond acceptors (Lipinski definition) is 3. The highest BCUT2D eigenvalue weighted by Crippen LogP contribution is 2.33. The molecule has 1 fully saturated rings. The van der Waals surface area contributed by atoms with Crippen molar-refractivity contribution < 1.29 is 0 Å². The van der Waals surface area contributed by atoms with Crippen LogP contribution in [-0.2, 0) is 0 Å².